The molecular formula is C16H20N2O2. The molecule has 2 aromatic rings. The molecule has 0 saturated carbocycles. The number of unbranched alkanes of at least 4 members (excludes halogenated alkanes) is 3. The Morgan fingerprint density at radius 1 is 1.15 bits per heavy atom. The summed E-state index contributed by atoms with van der Waals surface area (Å²) >= 11 is 0. The molecule has 0 radical (unpaired) electrons. The van der Waals surface area contributed by atoms with Crippen LogP contribution in [0.25, 0.3) is 11.3 Å². The highest BCUT2D eigenvalue weighted by atomic mass is 16.4. The van der Waals surface area contributed by atoms with Gasteiger partial charge in [0.25, 0.3) is 11.6 Å². The van der Waals surface area contributed by atoms with Crippen LogP contribution in [-0.4, -0.2) is 4.98 Å². The summed E-state index contributed by atoms with van der Waals surface area (Å²) < 4.78 is 5.26. The second-order valence-corrected chi connectivity index (χ2v) is 4.91. The lowest BCUT2D eigenvalue weighted by atomic mass is 10.0. The molecule has 2 rings (SSSR count). The summed E-state index contributed by atoms with van der Waals surface area (Å²) in [6.45, 7) is 2.21. The summed E-state index contributed by atoms with van der Waals surface area (Å²) in [4.78, 5) is 14.8. The minimum atomic E-state index is -0.382. The van der Waals surface area contributed by atoms with Gasteiger partial charge in [0.2, 0.25) is 0 Å². The van der Waals surface area contributed by atoms with E-state index in [-0.39, 0.29) is 11.6 Å². The Kier molecular flexibility index (Phi) is 4.93. The molecule has 4 heteroatoms. The standard InChI is InChI=1S/C16H20N2O2/c1-2-3-4-5-6-12-7-9-13(10-8-12)14-11-15(19)18-16(17)20-14/h7-11H,2-6H2,1H3,(H2,17,18,19). The van der Waals surface area contributed by atoms with Gasteiger partial charge in [0.15, 0.2) is 0 Å². The van der Waals surface area contributed by atoms with Crippen LogP contribution in [0.2, 0.25) is 0 Å². The molecule has 20 heavy (non-hydrogen) atoms. The van der Waals surface area contributed by atoms with Gasteiger partial charge in [-0.3, -0.25) is 4.79 Å². The Labute approximate surface area is 118 Å². The Balaban J connectivity index is 2.05. The lowest BCUT2D eigenvalue weighted by Gasteiger charge is -2.04. The minimum absolute atomic E-state index is 0.101. The molecule has 0 fully saturated rings. The number of aromatic nitrogens is 1. The predicted octanol–water partition coefficient (Wildman–Crippen LogP) is 3.41. The number of nitrogens with two attached hydrogens (primary N) is 1. The van der Waals surface area contributed by atoms with Crippen molar-refractivity contribution in [1.29, 1.82) is 0 Å². The lowest BCUT2D eigenvalue weighted by molar-refractivity contribution is 0.564. The van der Waals surface area contributed by atoms with Gasteiger partial charge in [-0.1, -0.05) is 50.5 Å². The average molecular weight is 272 g/mol. The van der Waals surface area contributed by atoms with Crippen molar-refractivity contribution in [2.75, 3.05) is 5.73 Å². The fourth-order valence-electron chi connectivity index (χ4n) is 2.15. The molecule has 0 unspecified atom stereocenters. The quantitative estimate of drug-likeness (QED) is 0.818. The molecule has 0 atom stereocenters. The van der Waals surface area contributed by atoms with Crippen LogP contribution in [0.4, 0.5) is 6.01 Å². The number of hydrogen-bond acceptors (Lipinski definition) is 4. The van der Waals surface area contributed by atoms with Crippen molar-refractivity contribution >= 4 is 6.01 Å². The van der Waals surface area contributed by atoms with Gasteiger partial charge in [-0.05, 0) is 18.4 Å². The van der Waals surface area contributed by atoms with Crippen LogP contribution in [0.3, 0.4) is 0 Å². The van der Waals surface area contributed by atoms with Crippen molar-refractivity contribution < 1.29 is 4.42 Å². The van der Waals surface area contributed by atoms with Crippen LogP contribution in [-0.2, 0) is 6.42 Å². The van der Waals surface area contributed by atoms with Crippen molar-refractivity contribution in [3.8, 4) is 11.3 Å². The largest absolute Gasteiger partial charge is 0.425 e. The molecule has 0 aliphatic carbocycles. The molecule has 0 bridgehead atoms. The number of hydrogen-bond donors (Lipinski definition) is 1. The first-order valence-corrected chi connectivity index (χ1v) is 7.06. The van der Waals surface area contributed by atoms with E-state index >= 15 is 0 Å². The maximum Gasteiger partial charge on any atom is 0.295 e. The number of nitrogens with zero attached hydrogens (tertiary/aromatic N) is 1. The molecule has 106 valence electrons. The third-order valence-corrected chi connectivity index (χ3v) is 3.25. The van der Waals surface area contributed by atoms with Crippen molar-refractivity contribution in [2.45, 2.75) is 39.0 Å². The SMILES string of the molecule is CCCCCCc1ccc(-c2cc(=O)nc(N)o2)cc1. The van der Waals surface area contributed by atoms with Gasteiger partial charge >= 0.3 is 0 Å². The monoisotopic (exact) mass is 272 g/mol. The summed E-state index contributed by atoms with van der Waals surface area (Å²) in [5, 5.41) is 0. The molecular weight excluding hydrogens is 252 g/mol. The summed E-state index contributed by atoms with van der Waals surface area (Å²) in [5.41, 5.74) is 7.20. The van der Waals surface area contributed by atoms with Crippen molar-refractivity contribution in [2.24, 2.45) is 0 Å². The molecule has 4 nitrogen and oxygen atoms in total. The molecule has 0 saturated heterocycles. The highest BCUT2D eigenvalue weighted by molar-refractivity contribution is 5.57. The molecule has 1 aromatic carbocycles. The van der Waals surface area contributed by atoms with Crippen molar-refractivity contribution in [3.05, 3.63) is 46.2 Å². The molecule has 2 N–H and O–H groups in total. The number of rotatable bonds is 6. The van der Waals surface area contributed by atoms with Gasteiger partial charge in [0.05, 0.1) is 0 Å². The zero-order chi connectivity index (χ0) is 14.4. The Hall–Kier alpha value is -2.10. The minimum Gasteiger partial charge on any atom is -0.425 e. The molecule has 0 aliphatic rings. The van der Waals surface area contributed by atoms with E-state index in [9.17, 15) is 4.79 Å². The Morgan fingerprint density at radius 3 is 2.55 bits per heavy atom. The van der Waals surface area contributed by atoms with Crippen LogP contribution in [0.15, 0.2) is 39.5 Å². The maximum atomic E-state index is 11.3. The van der Waals surface area contributed by atoms with Gasteiger partial charge < -0.3 is 10.2 Å². The topological polar surface area (TPSA) is 69.1 Å². The number of benzene rings is 1. The zero-order valence-corrected chi connectivity index (χ0v) is 11.8. The molecule has 1 aromatic heterocycles. The normalized spacial score (nSPS) is 10.7. The highest BCUT2D eigenvalue weighted by Crippen LogP contribution is 2.20. The van der Waals surface area contributed by atoms with E-state index in [1.54, 1.807) is 0 Å². The van der Waals surface area contributed by atoms with Crippen LogP contribution in [0.5, 0.6) is 0 Å². The number of anilines is 1. The number of nitrogen functional groups attached to an aromatic ring is 1. The number of aryl methyl sites for hydroxylation is 1. The summed E-state index contributed by atoms with van der Waals surface area (Å²) in [7, 11) is 0. The van der Waals surface area contributed by atoms with Gasteiger partial charge in [0.1, 0.15) is 5.76 Å². The molecule has 0 aliphatic heterocycles. The van der Waals surface area contributed by atoms with Crippen LogP contribution < -0.4 is 11.3 Å². The summed E-state index contributed by atoms with van der Waals surface area (Å²) in [5.74, 6) is 0.458. The summed E-state index contributed by atoms with van der Waals surface area (Å²) in [6, 6.07) is 9.29. The van der Waals surface area contributed by atoms with Gasteiger partial charge in [-0.25, -0.2) is 0 Å². The van der Waals surface area contributed by atoms with E-state index in [0.717, 1.165) is 12.0 Å². The second kappa shape index (κ2) is 6.89. The summed E-state index contributed by atoms with van der Waals surface area (Å²) in [6.07, 6.45) is 6.11. The first kappa shape index (κ1) is 14.3. The first-order chi connectivity index (χ1) is 9.69. The van der Waals surface area contributed by atoms with E-state index in [2.05, 4.69) is 24.0 Å². The highest BCUT2D eigenvalue weighted by Gasteiger charge is 2.04. The fourth-order valence-corrected chi connectivity index (χ4v) is 2.15. The van der Waals surface area contributed by atoms with Crippen LogP contribution >= 0.6 is 0 Å². The molecule has 1 heterocycles. The first-order valence-electron chi connectivity index (χ1n) is 7.06. The predicted molar refractivity (Wildman–Crippen MR) is 80.5 cm³/mol. The van der Waals surface area contributed by atoms with E-state index in [0.29, 0.717) is 5.76 Å². The van der Waals surface area contributed by atoms with Gasteiger partial charge in [0, 0.05) is 11.6 Å². The second-order valence-electron chi connectivity index (χ2n) is 4.91. The van der Waals surface area contributed by atoms with E-state index in [1.165, 1.54) is 37.3 Å². The van der Waals surface area contributed by atoms with E-state index in [4.69, 9.17) is 10.2 Å². The van der Waals surface area contributed by atoms with Crippen LogP contribution in [0.1, 0.15) is 38.2 Å². The van der Waals surface area contributed by atoms with E-state index < -0.39 is 0 Å². The van der Waals surface area contributed by atoms with Gasteiger partial charge in [-0.2, -0.15) is 4.98 Å². The smallest absolute Gasteiger partial charge is 0.295 e. The van der Waals surface area contributed by atoms with E-state index in [1.807, 2.05) is 12.1 Å². The van der Waals surface area contributed by atoms with Gasteiger partial charge in [-0.15, -0.1) is 0 Å². The maximum absolute atomic E-state index is 11.3. The third-order valence-electron chi connectivity index (χ3n) is 3.25. The lowest BCUT2D eigenvalue weighted by Crippen LogP contribution is -2.07. The van der Waals surface area contributed by atoms with Crippen molar-refractivity contribution in [3.63, 3.8) is 0 Å². The Bertz CT molecular complexity index is 603. The fraction of sp³-hybridized carbons (Fsp3) is 0.375. The van der Waals surface area contributed by atoms with Crippen molar-refractivity contribution in [1.82, 2.24) is 4.98 Å². The molecule has 0 spiro atoms. The zero-order valence-electron chi connectivity index (χ0n) is 11.8. The molecule has 0 amide bonds. The Morgan fingerprint density at radius 2 is 1.90 bits per heavy atom. The third kappa shape index (κ3) is 3.95. The average Bonchev–Trinajstić information content (AvgIpc) is 2.43. The van der Waals surface area contributed by atoms with Crippen LogP contribution in [0, 0.1) is 0 Å².